The normalized spacial score (nSPS) is 19.5. The van der Waals surface area contributed by atoms with Crippen molar-refractivity contribution >= 4 is 5.91 Å². The highest BCUT2D eigenvalue weighted by atomic mass is 16.5. The van der Waals surface area contributed by atoms with Gasteiger partial charge in [-0.2, -0.15) is 5.10 Å². The number of hydrogen-bond acceptors (Lipinski definition) is 5. The van der Waals surface area contributed by atoms with Crippen molar-refractivity contribution in [2.45, 2.75) is 44.2 Å². The van der Waals surface area contributed by atoms with Gasteiger partial charge in [0, 0.05) is 50.9 Å². The third-order valence-electron chi connectivity index (χ3n) is 4.81. The van der Waals surface area contributed by atoms with Gasteiger partial charge in [-0.3, -0.25) is 14.4 Å². The van der Waals surface area contributed by atoms with Crippen LogP contribution in [0.2, 0.25) is 0 Å². The molecule has 2 aromatic rings. The van der Waals surface area contributed by atoms with Gasteiger partial charge in [-0.1, -0.05) is 5.16 Å². The Hall–Kier alpha value is -2.15. The van der Waals surface area contributed by atoms with E-state index in [4.69, 9.17) is 4.52 Å². The van der Waals surface area contributed by atoms with E-state index in [0.29, 0.717) is 11.6 Å². The van der Waals surface area contributed by atoms with Gasteiger partial charge in [0.15, 0.2) is 0 Å². The van der Waals surface area contributed by atoms with Crippen LogP contribution in [0.4, 0.5) is 0 Å². The topological polar surface area (TPSA) is 76.2 Å². The van der Waals surface area contributed by atoms with Crippen molar-refractivity contribution in [2.75, 3.05) is 13.1 Å². The van der Waals surface area contributed by atoms with Crippen LogP contribution < -0.4 is 5.32 Å². The summed E-state index contributed by atoms with van der Waals surface area (Å²) in [5.74, 6) is 1.57. The minimum absolute atomic E-state index is 0.0837. The molecule has 0 unspecified atom stereocenters. The Morgan fingerprint density at radius 2 is 2.12 bits per heavy atom. The van der Waals surface area contributed by atoms with Crippen LogP contribution in [0.15, 0.2) is 22.9 Å². The summed E-state index contributed by atoms with van der Waals surface area (Å²) >= 11 is 0. The second-order valence-corrected chi connectivity index (χ2v) is 6.89. The molecule has 1 aliphatic heterocycles. The predicted molar refractivity (Wildman–Crippen MR) is 87.5 cm³/mol. The smallest absolute Gasteiger partial charge is 0.271 e. The predicted octanol–water partition coefficient (Wildman–Crippen LogP) is 1.68. The molecule has 0 radical (unpaired) electrons. The fourth-order valence-electron chi connectivity index (χ4n) is 3.22. The number of nitrogens with zero attached hydrogens (tertiary/aromatic N) is 4. The molecule has 2 aromatic heterocycles. The van der Waals surface area contributed by atoms with E-state index < -0.39 is 0 Å². The van der Waals surface area contributed by atoms with Crippen molar-refractivity contribution in [3.8, 4) is 0 Å². The minimum atomic E-state index is -0.0837. The highest BCUT2D eigenvalue weighted by Crippen LogP contribution is 2.40. The Labute approximate surface area is 141 Å². The number of piperidine rings is 1. The summed E-state index contributed by atoms with van der Waals surface area (Å²) in [6, 6.07) is 4.06. The number of aromatic nitrogens is 3. The second kappa shape index (κ2) is 6.39. The molecule has 7 nitrogen and oxygen atoms in total. The minimum Gasteiger partial charge on any atom is -0.361 e. The van der Waals surface area contributed by atoms with Crippen LogP contribution in [0.5, 0.6) is 0 Å². The Balaban J connectivity index is 1.24. The summed E-state index contributed by atoms with van der Waals surface area (Å²) in [6.07, 6.45) is 6.15. The van der Waals surface area contributed by atoms with Crippen LogP contribution >= 0.6 is 0 Å². The molecule has 1 amide bonds. The molecule has 0 bridgehead atoms. The Morgan fingerprint density at radius 3 is 2.79 bits per heavy atom. The van der Waals surface area contributed by atoms with E-state index in [1.165, 1.54) is 12.8 Å². The van der Waals surface area contributed by atoms with Gasteiger partial charge >= 0.3 is 0 Å². The molecule has 1 saturated carbocycles. The Morgan fingerprint density at radius 1 is 1.33 bits per heavy atom. The lowest BCUT2D eigenvalue weighted by Gasteiger charge is -2.31. The number of rotatable bonds is 5. The lowest BCUT2D eigenvalue weighted by Crippen LogP contribution is -2.44. The quantitative estimate of drug-likeness (QED) is 0.903. The monoisotopic (exact) mass is 329 g/mol. The van der Waals surface area contributed by atoms with Crippen LogP contribution in [0.3, 0.4) is 0 Å². The summed E-state index contributed by atoms with van der Waals surface area (Å²) in [7, 11) is 1.81. The van der Waals surface area contributed by atoms with Crippen molar-refractivity contribution in [1.29, 1.82) is 0 Å². The third-order valence-corrected chi connectivity index (χ3v) is 4.81. The fraction of sp³-hybridized carbons (Fsp3) is 0.588. The maximum absolute atomic E-state index is 12.1. The summed E-state index contributed by atoms with van der Waals surface area (Å²) in [5.41, 5.74) is 1.50. The Bertz CT molecular complexity index is 710. The molecule has 24 heavy (non-hydrogen) atoms. The Kier molecular flexibility index (Phi) is 4.10. The van der Waals surface area contributed by atoms with Crippen LogP contribution in [0.25, 0.3) is 0 Å². The molecule has 0 atom stereocenters. The van der Waals surface area contributed by atoms with Crippen LogP contribution in [0.1, 0.15) is 53.5 Å². The van der Waals surface area contributed by atoms with Gasteiger partial charge in [-0.05, 0) is 31.7 Å². The first-order chi connectivity index (χ1) is 11.7. The number of carbonyl (C=O) groups is 1. The van der Waals surface area contributed by atoms with Crippen LogP contribution in [0, 0.1) is 0 Å². The molecular formula is C17H23N5O2. The lowest BCUT2D eigenvalue weighted by atomic mass is 10.0. The van der Waals surface area contributed by atoms with Gasteiger partial charge in [-0.25, -0.2) is 0 Å². The molecule has 2 fully saturated rings. The standard InChI is InChI=1S/C17H23N5O2/c1-21-7-6-15(19-21)17(23)18-13-4-8-22(9-5-13)11-14-10-16(24-20-14)12-2-3-12/h6-7,10,12-13H,2-5,8-9,11H2,1H3,(H,18,23). The first-order valence-corrected chi connectivity index (χ1v) is 8.66. The van der Waals surface area contributed by atoms with Crippen molar-refractivity contribution in [2.24, 2.45) is 7.05 Å². The number of hydrogen-bond donors (Lipinski definition) is 1. The third kappa shape index (κ3) is 3.51. The lowest BCUT2D eigenvalue weighted by molar-refractivity contribution is 0.0902. The van der Waals surface area contributed by atoms with Gasteiger partial charge in [-0.15, -0.1) is 0 Å². The molecular weight excluding hydrogens is 306 g/mol. The van der Waals surface area contributed by atoms with E-state index in [-0.39, 0.29) is 11.9 Å². The maximum atomic E-state index is 12.1. The molecule has 2 aliphatic rings. The number of amides is 1. The van der Waals surface area contributed by atoms with Crippen molar-refractivity contribution in [3.05, 3.63) is 35.5 Å². The maximum Gasteiger partial charge on any atom is 0.271 e. The zero-order valence-corrected chi connectivity index (χ0v) is 13.9. The van der Waals surface area contributed by atoms with E-state index in [2.05, 4.69) is 26.5 Å². The highest BCUT2D eigenvalue weighted by molar-refractivity contribution is 5.92. The van der Waals surface area contributed by atoms with E-state index in [9.17, 15) is 4.79 Å². The number of aryl methyl sites for hydroxylation is 1. The van der Waals surface area contributed by atoms with Gasteiger partial charge < -0.3 is 9.84 Å². The number of carbonyl (C=O) groups excluding carboxylic acids is 1. The highest BCUT2D eigenvalue weighted by Gasteiger charge is 2.28. The van der Waals surface area contributed by atoms with Crippen LogP contribution in [-0.4, -0.2) is 44.9 Å². The number of likely N-dealkylation sites (tertiary alicyclic amines) is 1. The average Bonchev–Trinajstić information content (AvgIpc) is 3.17. The van der Waals surface area contributed by atoms with E-state index in [0.717, 1.165) is 43.9 Å². The van der Waals surface area contributed by atoms with Gasteiger partial charge in [0.25, 0.3) is 5.91 Å². The van der Waals surface area contributed by atoms with Gasteiger partial charge in [0.2, 0.25) is 0 Å². The van der Waals surface area contributed by atoms with Crippen molar-refractivity contribution < 1.29 is 9.32 Å². The summed E-state index contributed by atoms with van der Waals surface area (Å²) in [5, 5.41) is 11.4. The van der Waals surface area contributed by atoms with Crippen molar-refractivity contribution in [3.63, 3.8) is 0 Å². The van der Waals surface area contributed by atoms with Crippen LogP contribution in [-0.2, 0) is 13.6 Å². The zero-order chi connectivity index (χ0) is 16.5. The van der Waals surface area contributed by atoms with E-state index in [1.54, 1.807) is 16.9 Å². The average molecular weight is 329 g/mol. The molecule has 128 valence electrons. The molecule has 7 heteroatoms. The largest absolute Gasteiger partial charge is 0.361 e. The molecule has 0 spiro atoms. The summed E-state index contributed by atoms with van der Waals surface area (Å²) < 4.78 is 7.06. The summed E-state index contributed by atoms with van der Waals surface area (Å²) in [4.78, 5) is 14.5. The SMILES string of the molecule is Cn1ccc(C(=O)NC2CCN(Cc3cc(C4CC4)on3)CC2)n1. The first kappa shape index (κ1) is 15.4. The molecule has 0 aromatic carbocycles. The number of nitrogens with one attached hydrogen (secondary N) is 1. The van der Waals surface area contributed by atoms with Crippen molar-refractivity contribution in [1.82, 2.24) is 25.2 Å². The first-order valence-electron chi connectivity index (χ1n) is 8.66. The molecule has 3 heterocycles. The zero-order valence-electron chi connectivity index (χ0n) is 13.9. The van der Waals surface area contributed by atoms with Gasteiger partial charge in [0.05, 0.1) is 5.69 Å². The molecule has 1 saturated heterocycles. The fourth-order valence-corrected chi connectivity index (χ4v) is 3.22. The van der Waals surface area contributed by atoms with E-state index >= 15 is 0 Å². The van der Waals surface area contributed by atoms with Gasteiger partial charge in [0.1, 0.15) is 11.5 Å². The second-order valence-electron chi connectivity index (χ2n) is 6.89. The summed E-state index contributed by atoms with van der Waals surface area (Å²) in [6.45, 7) is 2.74. The van der Waals surface area contributed by atoms with E-state index in [1.807, 2.05) is 7.05 Å². The molecule has 4 rings (SSSR count). The molecule has 1 aliphatic carbocycles. The molecule has 1 N–H and O–H groups in total.